The number of rotatable bonds is 3. The Labute approximate surface area is 142 Å². The summed E-state index contributed by atoms with van der Waals surface area (Å²) >= 11 is 0. The van der Waals surface area contributed by atoms with E-state index in [1.165, 1.54) is 0 Å². The van der Waals surface area contributed by atoms with E-state index in [2.05, 4.69) is 4.98 Å². The molecule has 0 radical (unpaired) electrons. The summed E-state index contributed by atoms with van der Waals surface area (Å²) in [5, 5.41) is 0. The monoisotopic (exact) mass is 331 g/mol. The van der Waals surface area contributed by atoms with Crippen LogP contribution in [0.2, 0.25) is 0 Å². The van der Waals surface area contributed by atoms with Crippen LogP contribution in [-0.4, -0.2) is 65.5 Å². The third-order valence-corrected chi connectivity index (χ3v) is 4.95. The highest BCUT2D eigenvalue weighted by molar-refractivity contribution is 5.79. The van der Waals surface area contributed by atoms with Gasteiger partial charge in [0.15, 0.2) is 0 Å². The number of amides is 2. The highest BCUT2D eigenvalue weighted by Crippen LogP contribution is 2.34. The minimum Gasteiger partial charge on any atom is -0.371 e. The van der Waals surface area contributed by atoms with E-state index in [0.29, 0.717) is 26.1 Å². The zero-order valence-electron chi connectivity index (χ0n) is 14.4. The molecule has 1 unspecified atom stereocenters. The van der Waals surface area contributed by atoms with Crippen LogP contribution in [0.25, 0.3) is 0 Å². The van der Waals surface area contributed by atoms with Crippen molar-refractivity contribution in [3.63, 3.8) is 0 Å². The van der Waals surface area contributed by atoms with E-state index in [0.717, 1.165) is 18.5 Å². The third-order valence-electron chi connectivity index (χ3n) is 4.95. The Hall–Kier alpha value is -1.95. The van der Waals surface area contributed by atoms with Crippen LogP contribution in [0.3, 0.4) is 0 Å². The van der Waals surface area contributed by atoms with Crippen molar-refractivity contribution in [2.45, 2.75) is 32.7 Å². The van der Waals surface area contributed by atoms with Gasteiger partial charge in [0.1, 0.15) is 6.61 Å². The van der Waals surface area contributed by atoms with Gasteiger partial charge in [-0.25, -0.2) is 0 Å². The summed E-state index contributed by atoms with van der Waals surface area (Å²) in [5.74, 6) is 0.161. The van der Waals surface area contributed by atoms with Crippen molar-refractivity contribution in [3.05, 3.63) is 30.1 Å². The highest BCUT2D eigenvalue weighted by atomic mass is 16.5. The number of hydrogen-bond donors (Lipinski definition) is 0. The number of carbonyl (C=O) groups excluding carboxylic acids is 2. The molecule has 3 rings (SSSR count). The molecule has 0 N–H and O–H groups in total. The van der Waals surface area contributed by atoms with Gasteiger partial charge in [-0.15, -0.1) is 0 Å². The second-order valence-electron chi connectivity index (χ2n) is 7.21. The molecular weight excluding hydrogens is 306 g/mol. The molecule has 1 aromatic heterocycles. The number of hydrogen-bond acceptors (Lipinski definition) is 4. The molecule has 24 heavy (non-hydrogen) atoms. The lowest BCUT2D eigenvalue weighted by Crippen LogP contribution is -2.46. The van der Waals surface area contributed by atoms with Crippen molar-refractivity contribution in [1.29, 1.82) is 0 Å². The first-order chi connectivity index (χ1) is 11.5. The van der Waals surface area contributed by atoms with Crippen molar-refractivity contribution < 1.29 is 14.3 Å². The first-order valence-corrected chi connectivity index (χ1v) is 8.53. The fourth-order valence-electron chi connectivity index (χ4n) is 3.59. The molecule has 1 atom stereocenters. The van der Waals surface area contributed by atoms with Gasteiger partial charge >= 0.3 is 0 Å². The number of aromatic nitrogens is 1. The normalized spacial score (nSPS) is 24.7. The number of carbonyl (C=O) groups is 2. The molecule has 0 bridgehead atoms. The summed E-state index contributed by atoms with van der Waals surface area (Å²) < 4.78 is 5.63. The Morgan fingerprint density at radius 3 is 2.96 bits per heavy atom. The molecular formula is C18H25N3O3. The van der Waals surface area contributed by atoms with Gasteiger partial charge in [-0.1, -0.05) is 6.07 Å². The molecule has 3 heterocycles. The number of likely N-dealkylation sites (tertiary alicyclic amines) is 1. The summed E-state index contributed by atoms with van der Waals surface area (Å²) in [6.45, 7) is 6.78. The SMILES string of the molecule is CC(C)N1CC2(CCN(C(=O)Cc3cccnc3)C2)COCC1=O. The second-order valence-corrected chi connectivity index (χ2v) is 7.21. The average molecular weight is 331 g/mol. The summed E-state index contributed by atoms with van der Waals surface area (Å²) in [6.07, 6.45) is 4.69. The van der Waals surface area contributed by atoms with Crippen molar-refractivity contribution in [3.8, 4) is 0 Å². The van der Waals surface area contributed by atoms with Crippen LogP contribution in [0.1, 0.15) is 25.8 Å². The minimum atomic E-state index is -0.138. The van der Waals surface area contributed by atoms with Crippen molar-refractivity contribution >= 4 is 11.8 Å². The molecule has 0 aromatic carbocycles. The molecule has 1 aromatic rings. The zero-order chi connectivity index (χ0) is 17.2. The van der Waals surface area contributed by atoms with E-state index in [9.17, 15) is 9.59 Å². The quantitative estimate of drug-likeness (QED) is 0.832. The molecule has 0 aliphatic carbocycles. The van der Waals surface area contributed by atoms with Gasteiger partial charge in [0.2, 0.25) is 11.8 Å². The van der Waals surface area contributed by atoms with Crippen LogP contribution in [-0.2, 0) is 20.7 Å². The maximum absolute atomic E-state index is 12.6. The van der Waals surface area contributed by atoms with Crippen LogP contribution in [0.15, 0.2) is 24.5 Å². The lowest BCUT2D eigenvalue weighted by atomic mass is 9.87. The second kappa shape index (κ2) is 6.89. The van der Waals surface area contributed by atoms with Crippen LogP contribution in [0.5, 0.6) is 0 Å². The molecule has 6 nitrogen and oxygen atoms in total. The number of nitrogens with zero attached hydrogens (tertiary/aromatic N) is 3. The molecule has 2 amide bonds. The summed E-state index contributed by atoms with van der Waals surface area (Å²) in [6, 6.07) is 3.92. The maximum Gasteiger partial charge on any atom is 0.248 e. The van der Waals surface area contributed by atoms with Crippen LogP contribution in [0.4, 0.5) is 0 Å². The van der Waals surface area contributed by atoms with Crippen molar-refractivity contribution in [1.82, 2.24) is 14.8 Å². The Kier molecular flexibility index (Phi) is 4.85. The Balaban J connectivity index is 1.67. The molecule has 2 saturated heterocycles. The van der Waals surface area contributed by atoms with E-state index >= 15 is 0 Å². The Morgan fingerprint density at radius 1 is 1.42 bits per heavy atom. The van der Waals surface area contributed by atoms with Gasteiger partial charge in [0.05, 0.1) is 13.0 Å². The topological polar surface area (TPSA) is 62.7 Å². The molecule has 6 heteroatoms. The average Bonchev–Trinajstić information content (AvgIpc) is 2.90. The van der Waals surface area contributed by atoms with Crippen LogP contribution < -0.4 is 0 Å². The van der Waals surface area contributed by atoms with Gasteiger partial charge in [-0.2, -0.15) is 0 Å². The molecule has 2 aliphatic heterocycles. The maximum atomic E-state index is 12.6. The lowest BCUT2D eigenvalue weighted by molar-refractivity contribution is -0.135. The summed E-state index contributed by atoms with van der Waals surface area (Å²) in [7, 11) is 0. The number of ether oxygens (including phenoxy) is 1. The molecule has 1 spiro atoms. The first-order valence-electron chi connectivity index (χ1n) is 8.53. The summed E-state index contributed by atoms with van der Waals surface area (Å²) in [4.78, 5) is 32.6. The van der Waals surface area contributed by atoms with E-state index < -0.39 is 0 Å². The highest BCUT2D eigenvalue weighted by Gasteiger charge is 2.44. The van der Waals surface area contributed by atoms with E-state index in [4.69, 9.17) is 4.74 Å². The van der Waals surface area contributed by atoms with Crippen LogP contribution in [0, 0.1) is 5.41 Å². The lowest BCUT2D eigenvalue weighted by Gasteiger charge is -2.34. The fraction of sp³-hybridized carbons (Fsp3) is 0.611. The number of pyridine rings is 1. The largest absolute Gasteiger partial charge is 0.371 e. The fourth-order valence-corrected chi connectivity index (χ4v) is 3.59. The van der Waals surface area contributed by atoms with Gasteiger partial charge in [0, 0.05) is 43.5 Å². The predicted octanol–water partition coefficient (Wildman–Crippen LogP) is 1.11. The molecule has 0 saturated carbocycles. The van der Waals surface area contributed by atoms with Crippen molar-refractivity contribution in [2.75, 3.05) is 32.8 Å². The predicted molar refractivity (Wildman–Crippen MR) is 89.2 cm³/mol. The molecule has 130 valence electrons. The molecule has 2 aliphatic rings. The van der Waals surface area contributed by atoms with Gasteiger partial charge < -0.3 is 14.5 Å². The summed E-state index contributed by atoms with van der Waals surface area (Å²) in [5.41, 5.74) is 0.792. The van der Waals surface area contributed by atoms with Gasteiger partial charge in [-0.05, 0) is 31.9 Å². The Bertz CT molecular complexity index is 605. The standard InChI is InChI=1S/C18H25N3O3/c1-14(2)21-12-18(13-24-10-17(21)23)5-7-20(11-18)16(22)8-15-4-3-6-19-9-15/h3-4,6,9,14H,5,7-8,10-13H2,1-2H3. The van der Waals surface area contributed by atoms with E-state index in [-0.39, 0.29) is 29.9 Å². The zero-order valence-corrected chi connectivity index (χ0v) is 14.4. The van der Waals surface area contributed by atoms with E-state index in [1.807, 2.05) is 35.8 Å². The van der Waals surface area contributed by atoms with E-state index in [1.54, 1.807) is 12.4 Å². The Morgan fingerprint density at radius 2 is 2.25 bits per heavy atom. The smallest absolute Gasteiger partial charge is 0.248 e. The molecule has 2 fully saturated rings. The van der Waals surface area contributed by atoms with Crippen molar-refractivity contribution in [2.24, 2.45) is 5.41 Å². The third kappa shape index (κ3) is 3.59. The minimum absolute atomic E-state index is 0.0435. The van der Waals surface area contributed by atoms with Gasteiger partial charge in [0.25, 0.3) is 0 Å². The first kappa shape index (κ1) is 16.9. The van der Waals surface area contributed by atoms with Crippen LogP contribution >= 0.6 is 0 Å². The van der Waals surface area contributed by atoms with Gasteiger partial charge in [-0.3, -0.25) is 14.6 Å².